The summed E-state index contributed by atoms with van der Waals surface area (Å²) in [6.45, 7) is 2.27. The Hall–Kier alpha value is -0.490. The van der Waals surface area contributed by atoms with Crippen LogP contribution in [0.25, 0.3) is 0 Å². The molecular weight excluding hydrogens is 252 g/mol. The van der Waals surface area contributed by atoms with Crippen molar-refractivity contribution in [2.75, 3.05) is 0 Å². The Morgan fingerprint density at radius 2 is 1.84 bits per heavy atom. The lowest BCUT2D eigenvalue weighted by Crippen LogP contribution is -2.24. The number of unbranched alkanes of at least 4 members (excludes halogenated alkanes) is 3. The van der Waals surface area contributed by atoms with E-state index in [9.17, 15) is 0 Å². The molecule has 2 rings (SSSR count). The van der Waals surface area contributed by atoms with Crippen LogP contribution in [0, 0.1) is 5.92 Å². The van der Waals surface area contributed by atoms with Crippen molar-refractivity contribution in [3.8, 4) is 0 Å². The Morgan fingerprint density at radius 1 is 1.05 bits per heavy atom. The molecule has 19 heavy (non-hydrogen) atoms. The summed E-state index contributed by atoms with van der Waals surface area (Å²) in [7, 11) is 0. The van der Waals surface area contributed by atoms with Crippen molar-refractivity contribution in [3.63, 3.8) is 0 Å². The lowest BCUT2D eigenvalue weighted by molar-refractivity contribution is 0.304. The van der Waals surface area contributed by atoms with Crippen molar-refractivity contribution in [1.82, 2.24) is 0 Å². The predicted molar refractivity (Wildman–Crippen MR) is 84.9 cm³/mol. The molecule has 0 nitrogen and oxygen atoms in total. The van der Waals surface area contributed by atoms with Crippen molar-refractivity contribution in [2.45, 2.75) is 69.6 Å². The van der Waals surface area contributed by atoms with Gasteiger partial charge in [-0.1, -0.05) is 62.9 Å². The summed E-state index contributed by atoms with van der Waals surface area (Å²) in [5.74, 6) is 1.48. The molecule has 1 aromatic carbocycles. The second-order valence-electron chi connectivity index (χ2n) is 6.05. The van der Waals surface area contributed by atoms with Crippen LogP contribution in [-0.2, 0) is 0 Å². The van der Waals surface area contributed by atoms with Crippen LogP contribution in [0.4, 0.5) is 0 Å². The van der Waals surface area contributed by atoms with E-state index in [1.165, 1.54) is 56.9 Å². The van der Waals surface area contributed by atoms with Crippen LogP contribution in [-0.4, -0.2) is 5.38 Å². The van der Waals surface area contributed by atoms with Gasteiger partial charge >= 0.3 is 0 Å². The van der Waals surface area contributed by atoms with Crippen molar-refractivity contribution in [3.05, 3.63) is 35.9 Å². The molecule has 1 aliphatic carbocycles. The largest absolute Gasteiger partial charge is 0.123 e. The van der Waals surface area contributed by atoms with E-state index in [4.69, 9.17) is 11.6 Å². The lowest BCUT2D eigenvalue weighted by atomic mass is 9.76. The van der Waals surface area contributed by atoms with Gasteiger partial charge in [-0.05, 0) is 43.1 Å². The van der Waals surface area contributed by atoms with Crippen molar-refractivity contribution in [1.29, 1.82) is 0 Å². The fraction of sp³-hybridized carbons (Fsp3) is 0.667. The molecule has 1 saturated carbocycles. The highest BCUT2D eigenvalue weighted by Gasteiger charge is 2.29. The van der Waals surface area contributed by atoms with Gasteiger partial charge in [0, 0.05) is 5.38 Å². The Bertz CT molecular complexity index is 346. The number of hydrogen-bond donors (Lipinski definition) is 0. The summed E-state index contributed by atoms with van der Waals surface area (Å²) in [6.07, 6.45) is 10.5. The zero-order valence-electron chi connectivity index (χ0n) is 12.2. The topological polar surface area (TPSA) is 0 Å². The molecule has 1 aromatic rings. The molecule has 0 bridgehead atoms. The zero-order chi connectivity index (χ0) is 13.5. The molecule has 3 atom stereocenters. The molecule has 0 aliphatic heterocycles. The Labute approximate surface area is 123 Å². The second-order valence-corrected chi connectivity index (χ2v) is 6.61. The van der Waals surface area contributed by atoms with Crippen molar-refractivity contribution < 1.29 is 0 Å². The minimum absolute atomic E-state index is 0.418. The number of rotatable bonds is 6. The third kappa shape index (κ3) is 4.53. The van der Waals surface area contributed by atoms with E-state index in [-0.39, 0.29) is 0 Å². The highest BCUT2D eigenvalue weighted by molar-refractivity contribution is 6.20. The Kier molecular flexibility index (Phi) is 6.23. The second kappa shape index (κ2) is 7.94. The van der Waals surface area contributed by atoms with Gasteiger partial charge < -0.3 is 0 Å². The lowest BCUT2D eigenvalue weighted by Gasteiger charge is -2.33. The molecule has 1 fully saturated rings. The van der Waals surface area contributed by atoms with E-state index in [0.29, 0.717) is 5.38 Å². The molecule has 0 heterocycles. The monoisotopic (exact) mass is 278 g/mol. The van der Waals surface area contributed by atoms with Crippen LogP contribution in [0.2, 0.25) is 0 Å². The molecule has 0 spiro atoms. The maximum Gasteiger partial charge on any atom is 0.0364 e. The quantitative estimate of drug-likeness (QED) is 0.432. The van der Waals surface area contributed by atoms with Gasteiger partial charge in [0.2, 0.25) is 0 Å². The third-order valence-electron chi connectivity index (χ3n) is 4.59. The van der Waals surface area contributed by atoms with Crippen molar-refractivity contribution >= 4 is 11.6 Å². The average Bonchev–Trinajstić information content (AvgIpc) is 2.46. The van der Waals surface area contributed by atoms with Gasteiger partial charge in [-0.2, -0.15) is 0 Å². The molecule has 0 N–H and O–H groups in total. The molecule has 3 unspecified atom stereocenters. The summed E-state index contributed by atoms with van der Waals surface area (Å²) in [5, 5.41) is 0.418. The predicted octanol–water partition coefficient (Wildman–Crippen LogP) is 6.15. The normalized spacial score (nSPS) is 27.4. The fourth-order valence-electron chi connectivity index (χ4n) is 3.39. The van der Waals surface area contributed by atoms with E-state index in [1.54, 1.807) is 0 Å². The molecule has 0 radical (unpaired) electrons. The summed E-state index contributed by atoms with van der Waals surface area (Å²) in [5.41, 5.74) is 1.52. The fourth-order valence-corrected chi connectivity index (χ4v) is 3.74. The third-order valence-corrected chi connectivity index (χ3v) is 5.16. The highest BCUT2D eigenvalue weighted by Crippen LogP contribution is 2.40. The van der Waals surface area contributed by atoms with Crippen LogP contribution in [0.3, 0.4) is 0 Å². The number of benzene rings is 1. The SMILES string of the molecule is CCCCCCC1CC(c2ccccc2)CCC1Cl. The first-order valence-corrected chi connectivity index (χ1v) is 8.44. The first kappa shape index (κ1) is 14.9. The van der Waals surface area contributed by atoms with E-state index >= 15 is 0 Å². The summed E-state index contributed by atoms with van der Waals surface area (Å²) >= 11 is 6.55. The van der Waals surface area contributed by atoms with Gasteiger partial charge in [0.1, 0.15) is 0 Å². The zero-order valence-corrected chi connectivity index (χ0v) is 12.9. The van der Waals surface area contributed by atoms with E-state index in [2.05, 4.69) is 37.3 Å². The summed E-state index contributed by atoms with van der Waals surface area (Å²) in [4.78, 5) is 0. The van der Waals surface area contributed by atoms with E-state index in [0.717, 1.165) is 11.8 Å². The number of alkyl halides is 1. The van der Waals surface area contributed by atoms with Gasteiger partial charge in [-0.25, -0.2) is 0 Å². The maximum absolute atomic E-state index is 6.55. The summed E-state index contributed by atoms with van der Waals surface area (Å²) < 4.78 is 0. The smallest absolute Gasteiger partial charge is 0.0364 e. The molecule has 0 saturated heterocycles. The van der Waals surface area contributed by atoms with E-state index in [1.807, 2.05) is 0 Å². The number of halogens is 1. The first-order chi connectivity index (χ1) is 9.31. The first-order valence-electron chi connectivity index (χ1n) is 8.00. The minimum atomic E-state index is 0.418. The number of hydrogen-bond acceptors (Lipinski definition) is 0. The van der Waals surface area contributed by atoms with Crippen LogP contribution in [0.1, 0.15) is 69.8 Å². The van der Waals surface area contributed by atoms with Gasteiger partial charge in [0.05, 0.1) is 0 Å². The molecule has 1 aliphatic rings. The van der Waals surface area contributed by atoms with E-state index < -0.39 is 0 Å². The summed E-state index contributed by atoms with van der Waals surface area (Å²) in [6, 6.07) is 11.0. The van der Waals surface area contributed by atoms with Crippen LogP contribution < -0.4 is 0 Å². The Balaban J connectivity index is 1.85. The minimum Gasteiger partial charge on any atom is -0.123 e. The standard InChI is InChI=1S/C18H27Cl/c1-2-3-4-6-11-17-14-16(12-13-18(17)19)15-9-7-5-8-10-15/h5,7-10,16-18H,2-4,6,11-14H2,1H3. The molecule has 0 aromatic heterocycles. The average molecular weight is 279 g/mol. The molecule has 0 amide bonds. The van der Waals surface area contributed by atoms with Gasteiger partial charge in [0.25, 0.3) is 0 Å². The van der Waals surface area contributed by atoms with Gasteiger partial charge in [-0.3, -0.25) is 0 Å². The van der Waals surface area contributed by atoms with Gasteiger partial charge in [-0.15, -0.1) is 11.6 Å². The molecule has 106 valence electrons. The molecular formula is C18H27Cl. The van der Waals surface area contributed by atoms with Crippen LogP contribution >= 0.6 is 11.6 Å². The molecule has 1 heteroatoms. The van der Waals surface area contributed by atoms with Crippen molar-refractivity contribution in [2.24, 2.45) is 5.92 Å². The highest BCUT2D eigenvalue weighted by atomic mass is 35.5. The van der Waals surface area contributed by atoms with Gasteiger partial charge in [0.15, 0.2) is 0 Å². The van der Waals surface area contributed by atoms with Crippen LogP contribution in [0.15, 0.2) is 30.3 Å². The Morgan fingerprint density at radius 3 is 2.58 bits per heavy atom. The maximum atomic E-state index is 6.55. The van der Waals surface area contributed by atoms with Crippen LogP contribution in [0.5, 0.6) is 0 Å².